The summed E-state index contributed by atoms with van der Waals surface area (Å²) in [5.41, 5.74) is 16.1. The van der Waals surface area contributed by atoms with Crippen LogP contribution in [-0.2, 0) is 25.9 Å². The van der Waals surface area contributed by atoms with Gasteiger partial charge in [-0.05, 0) is 82.9 Å². The molecule has 16 heteroatoms. The zero-order valence-corrected chi connectivity index (χ0v) is 58.7. The van der Waals surface area contributed by atoms with Crippen LogP contribution in [0.2, 0.25) is 0 Å². The van der Waals surface area contributed by atoms with E-state index in [0.29, 0.717) is 31.6 Å². The summed E-state index contributed by atoms with van der Waals surface area (Å²) >= 11 is 0. The van der Waals surface area contributed by atoms with Crippen molar-refractivity contribution in [2.24, 2.45) is 0 Å². The number of pyridine rings is 4. The number of hydrogen-bond acceptors (Lipinski definition) is 10. The van der Waals surface area contributed by atoms with Crippen molar-refractivity contribution in [2.45, 2.75) is 151 Å². The number of nitrogens with zero attached hydrogens (tertiary/aromatic N) is 12. The van der Waals surface area contributed by atoms with E-state index in [0.717, 1.165) is 107 Å². The fraction of sp³-hybridized carbons (Fsp3) is 0.282. The van der Waals surface area contributed by atoms with Gasteiger partial charge in [0.15, 0.2) is 16.9 Å². The van der Waals surface area contributed by atoms with E-state index in [4.69, 9.17) is 9.97 Å². The predicted molar refractivity (Wildman–Crippen MR) is 394 cm³/mol. The lowest BCUT2D eigenvalue weighted by atomic mass is 9.97. The molecule has 4 aromatic carbocycles. The maximum Gasteiger partial charge on any atom is 0.254 e. The number of rotatable bonds is 9. The fourth-order valence-corrected chi connectivity index (χ4v) is 9.70. The summed E-state index contributed by atoms with van der Waals surface area (Å²) in [6.07, 6.45) is 12.4. The Labute approximate surface area is 557 Å². The van der Waals surface area contributed by atoms with Crippen LogP contribution in [0.4, 0.5) is 0 Å². The molecule has 0 fully saturated rings. The molecule has 0 aliphatic carbocycles. The van der Waals surface area contributed by atoms with Crippen LogP contribution in [0.1, 0.15) is 169 Å². The monoisotopic (exact) mass is 1260 g/mol. The van der Waals surface area contributed by atoms with Crippen molar-refractivity contribution in [3.63, 3.8) is 0 Å². The standard InChI is InChI=1S/C21H16N4O.C20H15N5.C19H14N6.9C2H6/c26-21-16-9-4-8-15(14-6-2-1-3-7-14)17(16)12-25(21)13-19-23-18-10-5-11-22-20(18)24-19;1-2-6-14(7-3-1)17-9-4-10-19-22-15(13-25(17)19)12-18-23-16-8-5-11-21-20(16)24-18;1-2-5-13(6-3-1)19-21-10-8-17-22-14(12-25(17)19)11-16-23-15-7-4-9-20-18(15)24-16;9*1-2/h1-11H,12-13H2,(H,22,23,24);1-11,13H,12H2,(H,21,23,24);1-10,12H,11H2,(H,20,23,24);9*1-2H3. The van der Waals surface area contributed by atoms with E-state index in [1.807, 2.05) is 274 Å². The van der Waals surface area contributed by atoms with Gasteiger partial charge in [0.1, 0.15) is 34.6 Å². The smallest absolute Gasteiger partial charge is 0.254 e. The highest BCUT2D eigenvalue weighted by Crippen LogP contribution is 2.33. The molecular weight excluding hydrogens is 1160 g/mol. The molecule has 1 aliphatic rings. The molecule has 0 saturated heterocycles. The lowest BCUT2D eigenvalue weighted by molar-refractivity contribution is 0.0763. The van der Waals surface area contributed by atoms with Gasteiger partial charge >= 0.3 is 0 Å². The summed E-state index contributed by atoms with van der Waals surface area (Å²) in [4.78, 5) is 64.9. The first-order valence-electron chi connectivity index (χ1n) is 33.8. The van der Waals surface area contributed by atoms with E-state index in [1.165, 1.54) is 5.56 Å². The SMILES string of the molecule is CC.CC.CC.CC.CC.CC.CC.CC.CC.O=C1c2cccc(-c3ccccc3)c2CN1Cc1nc2ncccc2[nH]1.c1ccc(-c2cccc3nc(Cc4nc5ncccc5[nH]4)cn23)cc1.c1ccc(-c2nccc3nc(Cc4nc5ncccc5[nH]4)cn23)cc1. The van der Waals surface area contributed by atoms with E-state index in [-0.39, 0.29) is 5.91 Å². The third-order valence-corrected chi connectivity index (χ3v) is 13.2. The van der Waals surface area contributed by atoms with Crippen LogP contribution < -0.4 is 0 Å². The molecule has 0 spiro atoms. The lowest BCUT2D eigenvalue weighted by Gasteiger charge is -2.13. The number of aromatic amines is 3. The van der Waals surface area contributed by atoms with Crippen molar-refractivity contribution < 1.29 is 4.79 Å². The third kappa shape index (κ3) is 19.5. The molecule has 0 bridgehead atoms. The van der Waals surface area contributed by atoms with E-state index in [9.17, 15) is 4.79 Å². The molecule has 0 saturated carbocycles. The third-order valence-electron chi connectivity index (χ3n) is 13.2. The average Bonchev–Trinajstić information content (AvgIpc) is 1.73. The number of carbonyl (C=O) groups is 1. The van der Waals surface area contributed by atoms with E-state index >= 15 is 0 Å². The first kappa shape index (κ1) is 76.0. The fourth-order valence-electron chi connectivity index (χ4n) is 9.70. The average molecular weight is 1260 g/mol. The minimum absolute atomic E-state index is 0.0474. The molecule has 16 nitrogen and oxygen atoms in total. The lowest BCUT2D eigenvalue weighted by Crippen LogP contribution is -2.23. The summed E-state index contributed by atoms with van der Waals surface area (Å²) in [6, 6.07) is 56.2. The molecule has 10 aromatic heterocycles. The van der Waals surface area contributed by atoms with Crippen LogP contribution in [-0.4, -0.2) is 79.4 Å². The van der Waals surface area contributed by atoms with Crippen LogP contribution in [0, 0.1) is 0 Å². The number of carbonyl (C=O) groups excluding carboxylic acids is 1. The number of amides is 1. The molecule has 11 heterocycles. The van der Waals surface area contributed by atoms with Gasteiger partial charge in [0.2, 0.25) is 0 Å². The van der Waals surface area contributed by atoms with Gasteiger partial charge in [-0.2, -0.15) is 0 Å². The van der Waals surface area contributed by atoms with Crippen LogP contribution in [0.5, 0.6) is 0 Å². The minimum Gasteiger partial charge on any atom is -0.340 e. The topological polar surface area (TPSA) is 193 Å². The van der Waals surface area contributed by atoms with Gasteiger partial charge in [0, 0.05) is 67.7 Å². The van der Waals surface area contributed by atoms with Gasteiger partial charge in [-0.15, -0.1) is 0 Å². The van der Waals surface area contributed by atoms with Gasteiger partial charge in [-0.3, -0.25) is 13.6 Å². The quantitative estimate of drug-likeness (QED) is 0.125. The maximum atomic E-state index is 12.9. The second-order valence-corrected chi connectivity index (χ2v) is 18.2. The van der Waals surface area contributed by atoms with Crippen LogP contribution in [0.15, 0.2) is 207 Å². The molecule has 15 rings (SSSR count). The molecule has 0 radical (unpaired) electrons. The minimum atomic E-state index is 0.0474. The molecule has 14 aromatic rings. The van der Waals surface area contributed by atoms with Gasteiger partial charge in [-0.1, -0.05) is 234 Å². The molecule has 1 aliphatic heterocycles. The Balaban J connectivity index is 0.000000268. The first-order chi connectivity index (χ1) is 46.5. The van der Waals surface area contributed by atoms with E-state index in [2.05, 4.69) is 96.8 Å². The molecule has 492 valence electrons. The molecule has 1 amide bonds. The molecular formula is C78H99N15O. The largest absolute Gasteiger partial charge is 0.340 e. The number of hydrogen-bond donors (Lipinski definition) is 3. The number of aromatic nitrogens is 14. The van der Waals surface area contributed by atoms with Crippen molar-refractivity contribution in [2.75, 3.05) is 0 Å². The Morgan fingerprint density at radius 3 is 1.27 bits per heavy atom. The van der Waals surface area contributed by atoms with E-state index in [1.54, 1.807) is 24.8 Å². The number of imidazole rings is 5. The Kier molecular flexibility index (Phi) is 33.8. The second kappa shape index (κ2) is 41.8. The number of H-pyrrole nitrogens is 3. The molecule has 94 heavy (non-hydrogen) atoms. The molecule has 0 unspecified atom stereocenters. The van der Waals surface area contributed by atoms with Crippen molar-refractivity contribution in [3.05, 3.63) is 247 Å². The Morgan fingerprint density at radius 1 is 0.362 bits per heavy atom. The summed E-state index contributed by atoms with van der Waals surface area (Å²) in [6.45, 7) is 37.0. The summed E-state index contributed by atoms with van der Waals surface area (Å²) in [5, 5.41) is 0. The highest BCUT2D eigenvalue weighted by atomic mass is 16.2. The number of fused-ring (bicyclic) bond motifs is 6. The Morgan fingerprint density at radius 2 is 0.777 bits per heavy atom. The zero-order chi connectivity index (χ0) is 68.8. The summed E-state index contributed by atoms with van der Waals surface area (Å²) in [5.74, 6) is 3.40. The van der Waals surface area contributed by atoms with Gasteiger partial charge < -0.3 is 19.9 Å². The van der Waals surface area contributed by atoms with Crippen molar-refractivity contribution in [1.29, 1.82) is 0 Å². The highest BCUT2D eigenvalue weighted by Gasteiger charge is 2.30. The number of nitrogens with one attached hydrogen (secondary N) is 3. The number of benzene rings is 4. The van der Waals surface area contributed by atoms with Crippen LogP contribution in [0.25, 0.3) is 78.6 Å². The summed E-state index contributed by atoms with van der Waals surface area (Å²) in [7, 11) is 0. The molecule has 0 atom stereocenters. The van der Waals surface area contributed by atoms with Crippen molar-refractivity contribution in [1.82, 2.24) is 73.5 Å². The summed E-state index contributed by atoms with van der Waals surface area (Å²) < 4.78 is 4.15. The van der Waals surface area contributed by atoms with Crippen molar-refractivity contribution in [3.8, 4) is 33.8 Å². The van der Waals surface area contributed by atoms with Gasteiger partial charge in [0.05, 0.1) is 40.2 Å². The normalized spacial score (nSPS) is 10.3. The molecule has 3 N–H and O–H groups in total. The second-order valence-electron chi connectivity index (χ2n) is 18.2. The predicted octanol–water partition coefficient (Wildman–Crippen LogP) is 20.1. The van der Waals surface area contributed by atoms with E-state index < -0.39 is 0 Å². The van der Waals surface area contributed by atoms with Crippen LogP contribution >= 0.6 is 0 Å². The first-order valence-corrected chi connectivity index (χ1v) is 33.8. The maximum absolute atomic E-state index is 12.9. The van der Waals surface area contributed by atoms with Crippen molar-refractivity contribution >= 4 is 50.7 Å². The van der Waals surface area contributed by atoms with Gasteiger partial charge in [0.25, 0.3) is 5.91 Å². The Hall–Kier alpha value is -10.5. The zero-order valence-electron chi connectivity index (χ0n) is 58.7. The van der Waals surface area contributed by atoms with Crippen LogP contribution in [0.3, 0.4) is 0 Å². The van der Waals surface area contributed by atoms with Gasteiger partial charge in [-0.25, -0.2) is 44.9 Å². The highest BCUT2D eigenvalue weighted by molar-refractivity contribution is 6.00. The Bertz CT molecular complexity index is 4070.